The number of aliphatic hydroxyl groups excluding tert-OH is 1. The zero-order valence-corrected chi connectivity index (χ0v) is 11.1. The van der Waals surface area contributed by atoms with Gasteiger partial charge in [-0.2, -0.15) is 0 Å². The van der Waals surface area contributed by atoms with Gasteiger partial charge in [-0.15, -0.1) is 0 Å². The maximum atomic E-state index is 10.2. The van der Waals surface area contributed by atoms with Crippen LogP contribution in [0.4, 0.5) is 0 Å². The highest BCUT2D eigenvalue weighted by atomic mass is 35.5. The van der Waals surface area contributed by atoms with Crippen LogP contribution in [-0.4, -0.2) is 24.3 Å². The summed E-state index contributed by atoms with van der Waals surface area (Å²) in [5.74, 6) is 1.24. The van der Waals surface area contributed by atoms with Gasteiger partial charge in [-0.3, -0.25) is 0 Å². The Labute approximate surface area is 108 Å². The lowest BCUT2D eigenvalue weighted by Gasteiger charge is -2.38. The Morgan fingerprint density at radius 1 is 1.24 bits per heavy atom. The van der Waals surface area contributed by atoms with Gasteiger partial charge >= 0.3 is 0 Å². The van der Waals surface area contributed by atoms with E-state index in [0.29, 0.717) is 18.4 Å². The summed E-state index contributed by atoms with van der Waals surface area (Å²) in [5, 5.41) is 14.3. The molecule has 0 bridgehead atoms. The average molecular weight is 254 g/mol. The third kappa shape index (κ3) is 2.82. The van der Waals surface area contributed by atoms with Crippen molar-refractivity contribution < 1.29 is 5.11 Å². The first-order chi connectivity index (χ1) is 8.09. The molecule has 94 valence electrons. The molecule has 0 amide bonds. The van der Waals surface area contributed by atoms with Crippen molar-refractivity contribution in [3.8, 4) is 0 Å². The van der Waals surface area contributed by atoms with Gasteiger partial charge in [0.15, 0.2) is 0 Å². The summed E-state index contributed by atoms with van der Waals surface area (Å²) < 4.78 is 0. The van der Waals surface area contributed by atoms with Crippen molar-refractivity contribution >= 4 is 11.6 Å². The number of piperidine rings is 1. The lowest BCUT2D eigenvalue weighted by molar-refractivity contribution is 0.0704. The molecule has 0 radical (unpaired) electrons. The van der Waals surface area contributed by atoms with E-state index in [1.54, 1.807) is 0 Å². The minimum absolute atomic E-state index is 0.216. The van der Waals surface area contributed by atoms with Crippen molar-refractivity contribution in [1.82, 2.24) is 5.32 Å². The Balaban J connectivity index is 2.27. The van der Waals surface area contributed by atoms with Crippen molar-refractivity contribution in [2.75, 3.05) is 13.1 Å². The Hall–Kier alpha value is -0.570. The SMILES string of the molecule is CC(C)C1CNCC(O)C1c1ccc(Cl)cc1. The molecule has 2 rings (SSSR count). The van der Waals surface area contributed by atoms with Crippen LogP contribution in [0.3, 0.4) is 0 Å². The minimum atomic E-state index is -0.308. The number of nitrogens with one attached hydrogen (secondary N) is 1. The largest absolute Gasteiger partial charge is 0.391 e. The Bertz CT molecular complexity index is 363. The first-order valence-corrected chi connectivity index (χ1v) is 6.61. The predicted molar refractivity (Wildman–Crippen MR) is 71.4 cm³/mol. The standard InChI is InChI=1S/C14H20ClNO/c1-9(2)12-7-16-8-13(17)14(12)10-3-5-11(15)6-4-10/h3-6,9,12-14,16-17H,7-8H2,1-2H3. The number of aliphatic hydroxyl groups is 1. The minimum Gasteiger partial charge on any atom is -0.391 e. The number of rotatable bonds is 2. The van der Waals surface area contributed by atoms with E-state index in [9.17, 15) is 5.11 Å². The molecule has 1 heterocycles. The second kappa shape index (κ2) is 5.38. The summed E-state index contributed by atoms with van der Waals surface area (Å²) in [6.07, 6.45) is -0.308. The van der Waals surface area contributed by atoms with Crippen molar-refractivity contribution in [2.45, 2.75) is 25.9 Å². The molecule has 3 heteroatoms. The maximum absolute atomic E-state index is 10.2. The number of hydrogen-bond donors (Lipinski definition) is 2. The molecule has 1 aliphatic rings. The molecule has 1 aromatic carbocycles. The van der Waals surface area contributed by atoms with E-state index in [1.807, 2.05) is 24.3 Å². The van der Waals surface area contributed by atoms with Crippen LogP contribution in [0.5, 0.6) is 0 Å². The summed E-state index contributed by atoms with van der Waals surface area (Å²) in [7, 11) is 0. The zero-order chi connectivity index (χ0) is 12.4. The van der Waals surface area contributed by atoms with Gasteiger partial charge < -0.3 is 10.4 Å². The lowest BCUT2D eigenvalue weighted by atomic mass is 9.74. The van der Waals surface area contributed by atoms with Crippen LogP contribution in [-0.2, 0) is 0 Å². The number of benzene rings is 1. The highest BCUT2D eigenvalue weighted by Gasteiger charge is 2.34. The van der Waals surface area contributed by atoms with Crippen LogP contribution in [0.2, 0.25) is 5.02 Å². The van der Waals surface area contributed by atoms with Crippen LogP contribution in [0.15, 0.2) is 24.3 Å². The van der Waals surface area contributed by atoms with E-state index in [0.717, 1.165) is 11.6 Å². The number of β-amino-alcohol motifs (C(OH)–C–C–N with tert-alkyl or cyclic N) is 1. The van der Waals surface area contributed by atoms with Gasteiger partial charge in [-0.1, -0.05) is 37.6 Å². The molecule has 2 N–H and O–H groups in total. The molecule has 1 aliphatic heterocycles. The predicted octanol–water partition coefficient (Wildman–Crippen LogP) is 2.66. The average Bonchev–Trinajstić information content (AvgIpc) is 2.30. The van der Waals surface area contributed by atoms with Crippen LogP contribution < -0.4 is 5.32 Å². The van der Waals surface area contributed by atoms with Crippen molar-refractivity contribution in [3.63, 3.8) is 0 Å². The van der Waals surface area contributed by atoms with Crippen LogP contribution >= 0.6 is 11.6 Å². The second-order valence-corrected chi connectivity index (χ2v) is 5.65. The number of halogens is 1. The smallest absolute Gasteiger partial charge is 0.0736 e. The number of hydrogen-bond acceptors (Lipinski definition) is 2. The summed E-state index contributed by atoms with van der Waals surface area (Å²) in [6, 6.07) is 7.89. The lowest BCUT2D eigenvalue weighted by Crippen LogP contribution is -2.47. The zero-order valence-electron chi connectivity index (χ0n) is 10.4. The molecule has 17 heavy (non-hydrogen) atoms. The Kier molecular flexibility index (Phi) is 4.08. The maximum Gasteiger partial charge on any atom is 0.0736 e. The monoisotopic (exact) mass is 253 g/mol. The molecule has 3 atom stereocenters. The van der Waals surface area contributed by atoms with Crippen LogP contribution in [0.25, 0.3) is 0 Å². The van der Waals surface area contributed by atoms with Gasteiger partial charge in [-0.25, -0.2) is 0 Å². The molecule has 3 unspecified atom stereocenters. The second-order valence-electron chi connectivity index (χ2n) is 5.21. The van der Waals surface area contributed by atoms with Gasteiger partial charge in [0.1, 0.15) is 0 Å². The molecule has 1 fully saturated rings. The van der Waals surface area contributed by atoms with Gasteiger partial charge in [0.05, 0.1) is 6.10 Å². The van der Waals surface area contributed by atoms with Gasteiger partial charge in [0.2, 0.25) is 0 Å². The van der Waals surface area contributed by atoms with Gasteiger partial charge in [0.25, 0.3) is 0 Å². The molecule has 0 spiro atoms. The van der Waals surface area contributed by atoms with E-state index in [-0.39, 0.29) is 12.0 Å². The van der Waals surface area contributed by atoms with Crippen molar-refractivity contribution in [3.05, 3.63) is 34.9 Å². The van der Waals surface area contributed by atoms with E-state index in [4.69, 9.17) is 11.6 Å². The van der Waals surface area contributed by atoms with Gasteiger partial charge in [-0.05, 0) is 36.1 Å². The first kappa shape index (κ1) is 12.9. The summed E-state index contributed by atoms with van der Waals surface area (Å²) in [5.41, 5.74) is 1.20. The molecular formula is C14H20ClNO. The van der Waals surface area contributed by atoms with Crippen LogP contribution in [0.1, 0.15) is 25.3 Å². The highest BCUT2D eigenvalue weighted by molar-refractivity contribution is 6.30. The molecule has 0 aromatic heterocycles. The quantitative estimate of drug-likeness (QED) is 0.849. The van der Waals surface area contributed by atoms with Crippen molar-refractivity contribution in [2.24, 2.45) is 11.8 Å². The summed E-state index contributed by atoms with van der Waals surface area (Å²) in [4.78, 5) is 0. The van der Waals surface area contributed by atoms with E-state index in [2.05, 4.69) is 19.2 Å². The highest BCUT2D eigenvalue weighted by Crippen LogP contribution is 2.35. The van der Waals surface area contributed by atoms with Gasteiger partial charge in [0, 0.05) is 17.5 Å². The molecule has 1 saturated heterocycles. The molecule has 0 saturated carbocycles. The normalized spacial score (nSPS) is 29.6. The van der Waals surface area contributed by atoms with E-state index >= 15 is 0 Å². The molecule has 0 aliphatic carbocycles. The topological polar surface area (TPSA) is 32.3 Å². The molecule has 1 aromatic rings. The Morgan fingerprint density at radius 2 is 1.88 bits per heavy atom. The molecular weight excluding hydrogens is 234 g/mol. The fourth-order valence-corrected chi connectivity index (χ4v) is 2.87. The van der Waals surface area contributed by atoms with E-state index in [1.165, 1.54) is 5.56 Å². The summed E-state index contributed by atoms with van der Waals surface area (Å²) >= 11 is 5.91. The first-order valence-electron chi connectivity index (χ1n) is 6.24. The third-order valence-corrected chi connectivity index (χ3v) is 3.97. The van der Waals surface area contributed by atoms with Crippen LogP contribution in [0, 0.1) is 11.8 Å². The fourth-order valence-electron chi connectivity index (χ4n) is 2.74. The fraction of sp³-hybridized carbons (Fsp3) is 0.571. The third-order valence-electron chi connectivity index (χ3n) is 3.72. The van der Waals surface area contributed by atoms with E-state index < -0.39 is 0 Å². The Morgan fingerprint density at radius 3 is 2.47 bits per heavy atom. The summed E-state index contributed by atoms with van der Waals surface area (Å²) in [6.45, 7) is 6.08. The molecule has 2 nitrogen and oxygen atoms in total. The van der Waals surface area contributed by atoms with Crippen molar-refractivity contribution in [1.29, 1.82) is 0 Å².